The first-order valence-corrected chi connectivity index (χ1v) is 7.65. The Hall–Kier alpha value is -1.29. The smallest absolute Gasteiger partial charge is 0.271 e. The Morgan fingerprint density at radius 3 is 2.90 bits per heavy atom. The van der Waals surface area contributed by atoms with Crippen molar-refractivity contribution in [3.8, 4) is 0 Å². The topological polar surface area (TPSA) is 68.0 Å². The van der Waals surface area contributed by atoms with E-state index in [-0.39, 0.29) is 17.6 Å². The van der Waals surface area contributed by atoms with Crippen molar-refractivity contribution in [1.82, 2.24) is 10.3 Å². The van der Waals surface area contributed by atoms with Gasteiger partial charge >= 0.3 is 0 Å². The van der Waals surface area contributed by atoms with E-state index in [1.807, 2.05) is 0 Å². The van der Waals surface area contributed by atoms with Gasteiger partial charge in [0, 0.05) is 6.04 Å². The Morgan fingerprint density at radius 1 is 1.45 bits per heavy atom. The van der Waals surface area contributed by atoms with Crippen LogP contribution in [0.25, 0.3) is 0 Å². The highest BCUT2D eigenvalue weighted by Gasteiger charge is 2.42. The molecule has 3 N–H and O–H groups in total. The van der Waals surface area contributed by atoms with Crippen LogP contribution in [-0.2, 0) is 0 Å². The molecule has 0 radical (unpaired) electrons. The number of nitrogen functional groups attached to an aromatic ring is 1. The molecule has 5 heteroatoms. The average molecular weight is 294 g/mol. The third-order valence-electron chi connectivity index (χ3n) is 4.88. The molecule has 4 atom stereocenters. The fourth-order valence-corrected chi connectivity index (χ4v) is 4.10. The van der Waals surface area contributed by atoms with E-state index in [2.05, 4.69) is 17.2 Å². The summed E-state index contributed by atoms with van der Waals surface area (Å²) >= 11 is 6.02. The second kappa shape index (κ2) is 5.24. The lowest BCUT2D eigenvalue weighted by atomic mass is 9.84. The molecular weight excluding hydrogens is 274 g/mol. The average Bonchev–Trinajstić information content (AvgIpc) is 3.03. The van der Waals surface area contributed by atoms with Crippen LogP contribution in [0.15, 0.2) is 12.1 Å². The maximum atomic E-state index is 12.3. The summed E-state index contributed by atoms with van der Waals surface area (Å²) in [5.74, 6) is 2.33. The quantitative estimate of drug-likeness (QED) is 0.900. The largest absolute Gasteiger partial charge is 0.384 e. The lowest BCUT2D eigenvalue weighted by molar-refractivity contribution is 0.0910. The maximum Gasteiger partial charge on any atom is 0.271 e. The van der Waals surface area contributed by atoms with Crippen molar-refractivity contribution in [3.63, 3.8) is 0 Å². The number of nitrogens with zero attached hydrogens (tertiary/aromatic N) is 1. The third-order valence-corrected chi connectivity index (χ3v) is 5.18. The van der Waals surface area contributed by atoms with Crippen LogP contribution in [0.2, 0.25) is 5.02 Å². The van der Waals surface area contributed by atoms with E-state index in [0.717, 1.165) is 11.8 Å². The van der Waals surface area contributed by atoms with Gasteiger partial charge in [-0.3, -0.25) is 4.79 Å². The first kappa shape index (κ1) is 13.7. The lowest BCUT2D eigenvalue weighted by Gasteiger charge is -2.28. The van der Waals surface area contributed by atoms with Gasteiger partial charge in [-0.2, -0.15) is 0 Å². The molecule has 2 fully saturated rings. The van der Waals surface area contributed by atoms with Crippen molar-refractivity contribution in [3.05, 3.63) is 22.8 Å². The molecule has 4 nitrogen and oxygen atoms in total. The molecule has 0 saturated heterocycles. The van der Waals surface area contributed by atoms with Crippen LogP contribution in [0.1, 0.15) is 43.1 Å². The van der Waals surface area contributed by atoms with Crippen molar-refractivity contribution < 1.29 is 4.79 Å². The van der Waals surface area contributed by atoms with E-state index in [1.165, 1.54) is 25.7 Å². The molecule has 2 aliphatic carbocycles. The maximum absolute atomic E-state index is 12.3. The zero-order chi connectivity index (χ0) is 14.3. The van der Waals surface area contributed by atoms with Gasteiger partial charge in [0.2, 0.25) is 0 Å². The van der Waals surface area contributed by atoms with Gasteiger partial charge in [0.15, 0.2) is 0 Å². The van der Waals surface area contributed by atoms with Gasteiger partial charge in [-0.1, -0.05) is 18.0 Å². The van der Waals surface area contributed by atoms with Gasteiger partial charge in [-0.05, 0) is 56.1 Å². The second-order valence-electron chi connectivity index (χ2n) is 6.17. The second-order valence-corrected chi connectivity index (χ2v) is 6.57. The number of rotatable bonds is 3. The van der Waals surface area contributed by atoms with E-state index < -0.39 is 0 Å². The minimum absolute atomic E-state index is 0.164. The van der Waals surface area contributed by atoms with Crippen molar-refractivity contribution in [2.24, 2.45) is 17.8 Å². The van der Waals surface area contributed by atoms with Crippen LogP contribution < -0.4 is 11.1 Å². The Balaban J connectivity index is 1.68. The first-order valence-electron chi connectivity index (χ1n) is 7.27. The number of hydrogen-bond acceptors (Lipinski definition) is 3. The zero-order valence-corrected chi connectivity index (χ0v) is 12.4. The normalized spacial score (nSPS) is 29.4. The van der Waals surface area contributed by atoms with E-state index in [0.29, 0.717) is 16.8 Å². The zero-order valence-electron chi connectivity index (χ0n) is 11.6. The molecule has 0 spiro atoms. The Bertz CT molecular complexity index is 534. The number of fused-ring (bicyclic) bond motifs is 2. The summed E-state index contributed by atoms with van der Waals surface area (Å²) in [6, 6.07) is 3.37. The molecule has 20 heavy (non-hydrogen) atoms. The van der Waals surface area contributed by atoms with Crippen molar-refractivity contribution in [2.45, 2.75) is 38.6 Å². The minimum Gasteiger partial charge on any atom is -0.384 e. The number of hydrogen-bond donors (Lipinski definition) is 2. The number of anilines is 1. The molecule has 2 saturated carbocycles. The molecule has 108 valence electrons. The highest BCUT2D eigenvalue weighted by Crippen LogP contribution is 2.49. The van der Waals surface area contributed by atoms with Crippen LogP contribution in [-0.4, -0.2) is 16.9 Å². The van der Waals surface area contributed by atoms with Gasteiger partial charge in [0.1, 0.15) is 11.5 Å². The van der Waals surface area contributed by atoms with Crippen molar-refractivity contribution in [2.75, 3.05) is 5.73 Å². The molecule has 2 bridgehead atoms. The van der Waals surface area contributed by atoms with Crippen LogP contribution >= 0.6 is 11.6 Å². The van der Waals surface area contributed by atoms with Gasteiger partial charge < -0.3 is 11.1 Å². The minimum atomic E-state index is -0.224. The molecular formula is C15H20ClN3O. The van der Waals surface area contributed by atoms with Crippen molar-refractivity contribution >= 4 is 23.3 Å². The summed E-state index contributed by atoms with van der Waals surface area (Å²) in [6.07, 6.45) is 5.25. The number of pyridine rings is 1. The number of halogens is 1. The molecule has 1 amide bonds. The van der Waals surface area contributed by atoms with Gasteiger partial charge in [0.05, 0.1) is 5.02 Å². The molecule has 0 aliphatic heterocycles. The Morgan fingerprint density at radius 2 is 2.25 bits per heavy atom. The SMILES string of the molecule is CC(NC(=O)c1nc(N)ccc1Cl)C1CC2CCC1C2. The lowest BCUT2D eigenvalue weighted by Crippen LogP contribution is -2.40. The Kier molecular flexibility index (Phi) is 3.59. The molecule has 1 aromatic heterocycles. The fourth-order valence-electron chi connectivity index (χ4n) is 3.90. The fraction of sp³-hybridized carbons (Fsp3) is 0.600. The molecule has 3 rings (SSSR count). The van der Waals surface area contributed by atoms with Crippen LogP contribution in [0.4, 0.5) is 5.82 Å². The number of nitrogens with one attached hydrogen (secondary N) is 1. The summed E-state index contributed by atoms with van der Waals surface area (Å²) < 4.78 is 0. The van der Waals surface area contributed by atoms with Crippen LogP contribution in [0.3, 0.4) is 0 Å². The summed E-state index contributed by atoms with van der Waals surface area (Å²) in [5, 5.41) is 3.39. The highest BCUT2D eigenvalue weighted by atomic mass is 35.5. The van der Waals surface area contributed by atoms with Gasteiger partial charge in [-0.25, -0.2) is 4.98 Å². The summed E-state index contributed by atoms with van der Waals surface area (Å²) in [5.41, 5.74) is 5.84. The standard InChI is InChI=1S/C15H20ClN3O/c1-8(11-7-9-2-3-10(11)6-9)18-15(20)14-12(16)4-5-13(17)19-14/h4-5,8-11H,2-3,6-7H2,1H3,(H2,17,19)(H,18,20). The first-order chi connectivity index (χ1) is 9.54. The summed E-state index contributed by atoms with van der Waals surface area (Å²) in [4.78, 5) is 16.3. The van der Waals surface area contributed by atoms with Crippen LogP contribution in [0.5, 0.6) is 0 Å². The molecule has 1 heterocycles. The predicted octanol–water partition coefficient (Wildman–Crippen LogP) is 2.87. The van der Waals surface area contributed by atoms with Crippen LogP contribution in [0, 0.1) is 17.8 Å². The van der Waals surface area contributed by atoms with Gasteiger partial charge in [-0.15, -0.1) is 0 Å². The Labute approximate surface area is 124 Å². The third kappa shape index (κ3) is 2.49. The van der Waals surface area contributed by atoms with E-state index in [1.54, 1.807) is 12.1 Å². The summed E-state index contributed by atoms with van der Waals surface area (Å²) in [6.45, 7) is 2.09. The van der Waals surface area contributed by atoms with E-state index >= 15 is 0 Å². The number of carbonyl (C=O) groups excluding carboxylic acids is 1. The molecule has 2 aliphatic rings. The molecule has 1 aromatic rings. The number of aromatic nitrogens is 1. The van der Waals surface area contributed by atoms with E-state index in [4.69, 9.17) is 17.3 Å². The summed E-state index contributed by atoms with van der Waals surface area (Å²) in [7, 11) is 0. The molecule has 4 unspecified atom stereocenters. The number of amides is 1. The number of nitrogens with two attached hydrogens (primary N) is 1. The monoisotopic (exact) mass is 293 g/mol. The van der Waals surface area contributed by atoms with Gasteiger partial charge in [0.25, 0.3) is 5.91 Å². The highest BCUT2D eigenvalue weighted by molar-refractivity contribution is 6.33. The predicted molar refractivity (Wildman–Crippen MR) is 79.5 cm³/mol. The molecule has 0 aromatic carbocycles. The number of carbonyl (C=O) groups is 1. The van der Waals surface area contributed by atoms with E-state index in [9.17, 15) is 4.79 Å². The van der Waals surface area contributed by atoms with Crippen molar-refractivity contribution in [1.29, 1.82) is 0 Å².